The molecule has 1 N–H and O–H groups in total. The first-order valence-electron chi connectivity index (χ1n) is 5.33. The molecule has 3 rings (SSSR count). The first-order valence-corrected chi connectivity index (χ1v) is 6.56. The van der Waals surface area contributed by atoms with Crippen LogP contribution in [0.2, 0.25) is 0 Å². The molecular weight excluding hydrogens is 252 g/mol. The Morgan fingerprint density at radius 2 is 2.24 bits per heavy atom. The van der Waals surface area contributed by atoms with Gasteiger partial charge in [-0.15, -0.1) is 0 Å². The van der Waals surface area contributed by atoms with E-state index in [2.05, 4.69) is 22.3 Å². The number of carbonyl (C=O) groups excluding carboxylic acids is 1. The van der Waals surface area contributed by atoms with E-state index >= 15 is 0 Å². The zero-order valence-corrected chi connectivity index (χ0v) is 10.6. The number of nitrogens with one attached hydrogen (secondary N) is 1. The van der Waals surface area contributed by atoms with Gasteiger partial charge >= 0.3 is 0 Å². The lowest BCUT2D eigenvalue weighted by atomic mass is 10.2. The topological polar surface area (TPSA) is 32.3 Å². The Labute approximate surface area is 109 Å². The largest absolute Gasteiger partial charge is 0.346 e. The van der Waals surface area contributed by atoms with Crippen LogP contribution in [0.3, 0.4) is 0 Å². The standard InChI is InChI=1S/C12H10N2OS2/c15-11-10(17-12(16)13-11)7-14-6-5-8-3-1-2-4-9(8)14/h1-4,7H,5-6H2,(H,13,15,16)/b10-7+. The summed E-state index contributed by atoms with van der Waals surface area (Å²) in [5, 5.41) is 2.63. The Hall–Kier alpha value is -1.33. The predicted molar refractivity (Wildman–Crippen MR) is 73.9 cm³/mol. The van der Waals surface area contributed by atoms with Crippen LogP contribution < -0.4 is 10.2 Å². The van der Waals surface area contributed by atoms with Crippen molar-refractivity contribution in [1.29, 1.82) is 0 Å². The first-order chi connectivity index (χ1) is 8.24. The summed E-state index contributed by atoms with van der Waals surface area (Å²) in [6, 6.07) is 8.26. The zero-order chi connectivity index (χ0) is 11.8. The number of thioether (sulfide) groups is 1. The fourth-order valence-electron chi connectivity index (χ4n) is 2.05. The van der Waals surface area contributed by atoms with Crippen LogP contribution in [0.5, 0.6) is 0 Å². The molecule has 0 radical (unpaired) electrons. The summed E-state index contributed by atoms with van der Waals surface area (Å²) in [5.41, 5.74) is 2.52. The summed E-state index contributed by atoms with van der Waals surface area (Å²) < 4.78 is 0.536. The molecule has 0 aliphatic carbocycles. The highest BCUT2D eigenvalue weighted by Gasteiger charge is 2.25. The lowest BCUT2D eigenvalue weighted by Crippen LogP contribution is -2.19. The van der Waals surface area contributed by atoms with E-state index in [1.165, 1.54) is 23.0 Å². The van der Waals surface area contributed by atoms with Crippen molar-refractivity contribution in [1.82, 2.24) is 5.32 Å². The molecule has 1 fully saturated rings. The van der Waals surface area contributed by atoms with Crippen LogP contribution in [0.4, 0.5) is 5.69 Å². The third-order valence-electron chi connectivity index (χ3n) is 2.84. The van der Waals surface area contributed by atoms with E-state index in [0.717, 1.165) is 13.0 Å². The minimum absolute atomic E-state index is 0.0932. The van der Waals surface area contributed by atoms with Gasteiger partial charge in [0, 0.05) is 18.4 Å². The summed E-state index contributed by atoms with van der Waals surface area (Å²) in [4.78, 5) is 14.4. The minimum Gasteiger partial charge on any atom is -0.346 e. The molecule has 0 saturated carbocycles. The van der Waals surface area contributed by atoms with Gasteiger partial charge in [0.1, 0.15) is 4.32 Å². The molecule has 0 atom stereocenters. The van der Waals surface area contributed by atoms with Gasteiger partial charge in [-0.1, -0.05) is 42.2 Å². The number of amides is 1. The maximum absolute atomic E-state index is 11.6. The number of carbonyl (C=O) groups is 1. The Bertz CT molecular complexity index is 539. The van der Waals surface area contributed by atoms with Gasteiger partial charge in [0.05, 0.1) is 4.91 Å². The number of anilines is 1. The van der Waals surface area contributed by atoms with E-state index in [-0.39, 0.29) is 5.91 Å². The lowest BCUT2D eigenvalue weighted by molar-refractivity contribution is -0.115. The molecule has 2 aliphatic rings. The van der Waals surface area contributed by atoms with E-state index in [0.29, 0.717) is 9.23 Å². The van der Waals surface area contributed by atoms with Crippen molar-refractivity contribution >= 4 is 39.9 Å². The monoisotopic (exact) mass is 262 g/mol. The van der Waals surface area contributed by atoms with Gasteiger partial charge in [0.2, 0.25) is 0 Å². The lowest BCUT2D eigenvalue weighted by Gasteiger charge is -2.14. The molecule has 2 heterocycles. The summed E-state index contributed by atoms with van der Waals surface area (Å²) in [6.45, 7) is 0.920. The second-order valence-electron chi connectivity index (χ2n) is 3.91. The van der Waals surface area contributed by atoms with E-state index in [9.17, 15) is 4.79 Å². The van der Waals surface area contributed by atoms with E-state index in [1.54, 1.807) is 0 Å². The molecule has 0 spiro atoms. The molecule has 0 bridgehead atoms. The maximum Gasteiger partial charge on any atom is 0.265 e. The second-order valence-corrected chi connectivity index (χ2v) is 5.63. The van der Waals surface area contributed by atoms with Crippen molar-refractivity contribution in [2.24, 2.45) is 0 Å². The molecule has 0 aromatic heterocycles. The van der Waals surface area contributed by atoms with Crippen LogP contribution in [0.1, 0.15) is 5.56 Å². The quantitative estimate of drug-likeness (QED) is 0.620. The fraction of sp³-hybridized carbons (Fsp3) is 0.167. The highest BCUT2D eigenvalue weighted by Crippen LogP contribution is 2.31. The fourth-order valence-corrected chi connectivity index (χ4v) is 3.08. The first kappa shape index (κ1) is 10.8. The Morgan fingerprint density at radius 1 is 1.41 bits per heavy atom. The number of thiocarbonyl (C=S) groups is 1. The average Bonchev–Trinajstić information content (AvgIpc) is 2.85. The number of benzene rings is 1. The van der Waals surface area contributed by atoms with Crippen molar-refractivity contribution in [2.75, 3.05) is 11.4 Å². The van der Waals surface area contributed by atoms with Gasteiger partial charge in [-0.3, -0.25) is 4.79 Å². The summed E-state index contributed by atoms with van der Waals surface area (Å²) in [5.74, 6) is -0.0932. The average molecular weight is 262 g/mol. The Morgan fingerprint density at radius 3 is 3.00 bits per heavy atom. The second kappa shape index (κ2) is 4.16. The normalized spacial score (nSPS) is 20.9. The number of hydrogen-bond acceptors (Lipinski definition) is 4. The third kappa shape index (κ3) is 1.96. The van der Waals surface area contributed by atoms with Crippen molar-refractivity contribution in [3.05, 3.63) is 40.9 Å². The summed E-state index contributed by atoms with van der Waals surface area (Å²) >= 11 is 6.29. The van der Waals surface area contributed by atoms with E-state index < -0.39 is 0 Å². The van der Waals surface area contributed by atoms with Crippen LogP contribution in [-0.4, -0.2) is 16.8 Å². The number of hydrogen-bond donors (Lipinski definition) is 1. The van der Waals surface area contributed by atoms with Gasteiger partial charge in [0.15, 0.2) is 0 Å². The molecule has 1 saturated heterocycles. The molecule has 17 heavy (non-hydrogen) atoms. The molecule has 5 heteroatoms. The highest BCUT2D eigenvalue weighted by molar-refractivity contribution is 8.26. The summed E-state index contributed by atoms with van der Waals surface area (Å²) in [7, 11) is 0. The molecular formula is C12H10N2OS2. The molecule has 3 nitrogen and oxygen atoms in total. The molecule has 86 valence electrons. The minimum atomic E-state index is -0.0932. The van der Waals surface area contributed by atoms with Gasteiger partial charge in [-0.05, 0) is 18.1 Å². The van der Waals surface area contributed by atoms with Crippen LogP contribution in [0, 0.1) is 0 Å². The van der Waals surface area contributed by atoms with Gasteiger partial charge in [0.25, 0.3) is 5.91 Å². The smallest absolute Gasteiger partial charge is 0.265 e. The molecule has 1 aromatic carbocycles. The van der Waals surface area contributed by atoms with Crippen molar-refractivity contribution in [3.63, 3.8) is 0 Å². The van der Waals surface area contributed by atoms with Crippen LogP contribution in [0.15, 0.2) is 35.4 Å². The van der Waals surface area contributed by atoms with Crippen molar-refractivity contribution < 1.29 is 4.79 Å². The molecule has 1 amide bonds. The molecule has 0 unspecified atom stereocenters. The maximum atomic E-state index is 11.6. The van der Waals surface area contributed by atoms with E-state index in [1.807, 2.05) is 18.3 Å². The Kier molecular flexibility index (Phi) is 2.64. The van der Waals surface area contributed by atoms with Crippen molar-refractivity contribution in [2.45, 2.75) is 6.42 Å². The number of nitrogens with zero attached hydrogens (tertiary/aromatic N) is 1. The van der Waals surface area contributed by atoms with Gasteiger partial charge < -0.3 is 10.2 Å². The highest BCUT2D eigenvalue weighted by atomic mass is 32.2. The summed E-state index contributed by atoms with van der Waals surface area (Å²) in [6.07, 6.45) is 2.92. The van der Waals surface area contributed by atoms with Crippen LogP contribution in [-0.2, 0) is 11.2 Å². The van der Waals surface area contributed by atoms with E-state index in [4.69, 9.17) is 12.2 Å². The number of fused-ring (bicyclic) bond motifs is 1. The van der Waals surface area contributed by atoms with Crippen LogP contribution in [0.25, 0.3) is 0 Å². The van der Waals surface area contributed by atoms with Crippen LogP contribution >= 0.6 is 24.0 Å². The zero-order valence-electron chi connectivity index (χ0n) is 8.97. The molecule has 2 aliphatic heterocycles. The van der Waals surface area contributed by atoms with Crippen molar-refractivity contribution in [3.8, 4) is 0 Å². The Balaban J connectivity index is 1.91. The van der Waals surface area contributed by atoms with Gasteiger partial charge in [-0.2, -0.15) is 0 Å². The third-order valence-corrected chi connectivity index (χ3v) is 3.99. The molecule has 1 aromatic rings. The number of rotatable bonds is 1. The SMILES string of the molecule is O=C1NC(=S)S/C1=C/N1CCc2ccccc21. The predicted octanol–water partition coefficient (Wildman–Crippen LogP) is 2.04. The van der Waals surface area contributed by atoms with Gasteiger partial charge in [-0.25, -0.2) is 0 Å². The number of para-hydroxylation sites is 1.